The number of allylic oxidation sites excluding steroid dienone is 1. The number of carbonyl (C=O) groups excluding carboxylic acids is 2. The van der Waals surface area contributed by atoms with Crippen LogP contribution in [0.25, 0.3) is 6.08 Å². The summed E-state index contributed by atoms with van der Waals surface area (Å²) >= 11 is 3.38. The first kappa shape index (κ1) is 17.5. The van der Waals surface area contributed by atoms with Gasteiger partial charge in [0.05, 0.1) is 18.3 Å². The summed E-state index contributed by atoms with van der Waals surface area (Å²) in [5, 5.41) is 0. The third kappa shape index (κ3) is 3.72. The minimum Gasteiger partial charge on any atom is -0.465 e. The maximum absolute atomic E-state index is 12.8. The van der Waals surface area contributed by atoms with Gasteiger partial charge in [0.1, 0.15) is 0 Å². The van der Waals surface area contributed by atoms with Crippen molar-refractivity contribution in [2.45, 2.75) is 20.8 Å². The Morgan fingerprint density at radius 2 is 1.91 bits per heavy atom. The van der Waals surface area contributed by atoms with Crippen molar-refractivity contribution in [3.63, 3.8) is 0 Å². The minimum atomic E-state index is -0.481. The Kier molecular flexibility index (Phi) is 5.42. The van der Waals surface area contributed by atoms with E-state index in [1.165, 1.54) is 7.11 Å². The van der Waals surface area contributed by atoms with Gasteiger partial charge in [-0.2, -0.15) is 0 Å². The summed E-state index contributed by atoms with van der Waals surface area (Å²) in [7, 11) is 1.33. The first-order valence-corrected chi connectivity index (χ1v) is 8.23. The van der Waals surface area contributed by atoms with Gasteiger partial charge in [-0.3, -0.25) is 4.79 Å². The highest BCUT2D eigenvalue weighted by atomic mass is 79.9. The lowest BCUT2D eigenvalue weighted by Crippen LogP contribution is -2.28. The van der Waals surface area contributed by atoms with E-state index in [9.17, 15) is 9.59 Å². The number of hydrogen-bond acceptors (Lipinski definition) is 3. The van der Waals surface area contributed by atoms with Crippen LogP contribution in [0, 0.1) is 5.92 Å². The van der Waals surface area contributed by atoms with Gasteiger partial charge in [0.25, 0.3) is 5.91 Å². The number of nitrogens with zero attached hydrogens (tertiary/aromatic N) is 1. The van der Waals surface area contributed by atoms with Gasteiger partial charge in [-0.1, -0.05) is 41.9 Å². The molecule has 0 bridgehead atoms. The smallest absolute Gasteiger partial charge is 0.340 e. The highest BCUT2D eigenvalue weighted by Crippen LogP contribution is 2.32. The van der Waals surface area contributed by atoms with E-state index in [2.05, 4.69) is 15.9 Å². The number of amides is 1. The van der Waals surface area contributed by atoms with Crippen molar-refractivity contribution in [2.75, 3.05) is 13.7 Å². The van der Waals surface area contributed by atoms with E-state index in [-0.39, 0.29) is 5.91 Å². The SMILES string of the molecule is COC(=O)C1=C(C)N(CC(C)C)C(=O)/C1=C/c1ccc(Br)cc1. The number of benzene rings is 1. The third-order valence-electron chi connectivity index (χ3n) is 3.63. The van der Waals surface area contributed by atoms with Crippen LogP contribution in [0.15, 0.2) is 45.6 Å². The molecule has 1 aromatic rings. The maximum Gasteiger partial charge on any atom is 0.340 e. The summed E-state index contributed by atoms with van der Waals surface area (Å²) in [5.41, 5.74) is 2.24. The van der Waals surface area contributed by atoms with Gasteiger partial charge in [-0.25, -0.2) is 4.79 Å². The molecule has 1 amide bonds. The lowest BCUT2D eigenvalue weighted by atomic mass is 10.0. The highest BCUT2D eigenvalue weighted by Gasteiger charge is 2.36. The van der Waals surface area contributed by atoms with Crippen LogP contribution in [0.4, 0.5) is 0 Å². The lowest BCUT2D eigenvalue weighted by molar-refractivity contribution is -0.136. The van der Waals surface area contributed by atoms with Gasteiger partial charge < -0.3 is 9.64 Å². The largest absolute Gasteiger partial charge is 0.465 e. The molecular formula is C18H20BrNO3. The molecule has 0 N–H and O–H groups in total. The molecule has 23 heavy (non-hydrogen) atoms. The van der Waals surface area contributed by atoms with E-state index in [0.29, 0.717) is 29.3 Å². The molecule has 0 atom stereocenters. The topological polar surface area (TPSA) is 46.6 Å². The monoisotopic (exact) mass is 377 g/mol. The average Bonchev–Trinajstić information content (AvgIpc) is 2.73. The fourth-order valence-corrected chi connectivity index (χ4v) is 2.80. The molecule has 122 valence electrons. The second kappa shape index (κ2) is 7.13. The van der Waals surface area contributed by atoms with Gasteiger partial charge in [-0.05, 0) is 36.6 Å². The predicted molar refractivity (Wildman–Crippen MR) is 93.4 cm³/mol. The molecule has 0 unspecified atom stereocenters. The normalized spacial score (nSPS) is 16.7. The van der Waals surface area contributed by atoms with Crippen LogP contribution < -0.4 is 0 Å². The summed E-state index contributed by atoms with van der Waals surface area (Å²) in [4.78, 5) is 26.6. The number of ether oxygens (including phenoxy) is 1. The van der Waals surface area contributed by atoms with Crippen molar-refractivity contribution in [2.24, 2.45) is 5.92 Å². The van der Waals surface area contributed by atoms with Crippen molar-refractivity contribution in [1.82, 2.24) is 4.90 Å². The van der Waals surface area contributed by atoms with Crippen LogP contribution in [0.1, 0.15) is 26.3 Å². The summed E-state index contributed by atoms with van der Waals surface area (Å²) in [6.07, 6.45) is 1.74. The van der Waals surface area contributed by atoms with Crippen LogP contribution >= 0.6 is 15.9 Å². The molecule has 1 aliphatic heterocycles. The first-order chi connectivity index (χ1) is 10.8. The van der Waals surface area contributed by atoms with Gasteiger partial charge in [0.2, 0.25) is 0 Å². The summed E-state index contributed by atoms with van der Waals surface area (Å²) in [6.45, 7) is 6.43. The minimum absolute atomic E-state index is 0.153. The molecule has 1 aliphatic rings. The number of methoxy groups -OCH3 is 1. The van der Waals surface area contributed by atoms with E-state index in [4.69, 9.17) is 4.74 Å². The van der Waals surface area contributed by atoms with Gasteiger partial charge in [0.15, 0.2) is 0 Å². The molecule has 0 radical (unpaired) electrons. The van der Waals surface area contributed by atoms with Crippen LogP contribution in [0.2, 0.25) is 0 Å². The maximum atomic E-state index is 12.8. The number of halogens is 1. The molecule has 0 fully saturated rings. The second-order valence-corrected chi connectivity index (χ2v) is 6.79. The molecule has 1 heterocycles. The molecule has 0 spiro atoms. The quantitative estimate of drug-likeness (QED) is 0.592. The predicted octanol–water partition coefficient (Wildman–Crippen LogP) is 3.78. The summed E-state index contributed by atoms with van der Waals surface area (Å²) < 4.78 is 5.83. The number of hydrogen-bond donors (Lipinski definition) is 0. The Balaban J connectivity index is 2.49. The second-order valence-electron chi connectivity index (χ2n) is 5.87. The third-order valence-corrected chi connectivity index (χ3v) is 4.16. The molecule has 4 nitrogen and oxygen atoms in total. The van der Waals surface area contributed by atoms with Crippen LogP contribution in [0.5, 0.6) is 0 Å². The fraction of sp³-hybridized carbons (Fsp3) is 0.333. The van der Waals surface area contributed by atoms with Crippen molar-refractivity contribution in [3.8, 4) is 0 Å². The Hall–Kier alpha value is -1.88. The summed E-state index contributed by atoms with van der Waals surface area (Å²) in [6, 6.07) is 7.57. The van der Waals surface area contributed by atoms with Gasteiger partial charge in [0, 0.05) is 16.7 Å². The molecule has 0 aliphatic carbocycles. The van der Waals surface area contributed by atoms with Crippen molar-refractivity contribution in [1.29, 1.82) is 0 Å². The van der Waals surface area contributed by atoms with Crippen LogP contribution in [-0.4, -0.2) is 30.4 Å². The zero-order valence-corrected chi connectivity index (χ0v) is 15.3. The van der Waals surface area contributed by atoms with Crippen molar-refractivity contribution < 1.29 is 14.3 Å². The zero-order valence-electron chi connectivity index (χ0n) is 13.7. The van der Waals surface area contributed by atoms with Crippen molar-refractivity contribution >= 4 is 33.9 Å². The van der Waals surface area contributed by atoms with E-state index in [1.54, 1.807) is 17.9 Å². The van der Waals surface area contributed by atoms with Gasteiger partial charge in [-0.15, -0.1) is 0 Å². The summed E-state index contributed by atoms with van der Waals surface area (Å²) in [5.74, 6) is -0.329. The number of rotatable bonds is 4. The van der Waals surface area contributed by atoms with E-state index < -0.39 is 5.97 Å². The molecule has 2 rings (SSSR count). The van der Waals surface area contributed by atoms with Crippen molar-refractivity contribution in [3.05, 3.63) is 51.1 Å². The lowest BCUT2D eigenvalue weighted by Gasteiger charge is -2.19. The van der Waals surface area contributed by atoms with Gasteiger partial charge >= 0.3 is 5.97 Å². The zero-order chi connectivity index (χ0) is 17.1. The fourth-order valence-electron chi connectivity index (χ4n) is 2.54. The molecule has 1 aromatic carbocycles. The Bertz CT molecular complexity index is 687. The molecule has 0 saturated carbocycles. The Morgan fingerprint density at radius 1 is 1.30 bits per heavy atom. The highest BCUT2D eigenvalue weighted by molar-refractivity contribution is 9.10. The Morgan fingerprint density at radius 3 is 2.43 bits per heavy atom. The van der Waals surface area contributed by atoms with Crippen LogP contribution in [-0.2, 0) is 14.3 Å². The molecule has 5 heteroatoms. The molecule has 0 aromatic heterocycles. The molecular weight excluding hydrogens is 358 g/mol. The van der Waals surface area contributed by atoms with E-state index >= 15 is 0 Å². The molecule has 0 saturated heterocycles. The average molecular weight is 378 g/mol. The Labute approximate surface area is 144 Å². The number of carbonyl (C=O) groups is 2. The number of esters is 1. The first-order valence-electron chi connectivity index (χ1n) is 7.43. The van der Waals surface area contributed by atoms with Crippen LogP contribution in [0.3, 0.4) is 0 Å². The van der Waals surface area contributed by atoms with E-state index in [1.807, 2.05) is 38.1 Å². The standard InChI is InChI=1S/C18H20BrNO3/c1-11(2)10-20-12(3)16(18(22)23-4)15(17(20)21)9-13-5-7-14(19)8-6-13/h5-9,11H,10H2,1-4H3/b15-9+. The van der Waals surface area contributed by atoms with E-state index in [0.717, 1.165) is 10.0 Å².